The van der Waals surface area contributed by atoms with Crippen molar-refractivity contribution in [3.05, 3.63) is 28.8 Å². The lowest BCUT2D eigenvalue weighted by molar-refractivity contribution is -0.140. The molecule has 0 aliphatic rings. The molecule has 0 atom stereocenters. The molecule has 0 fully saturated rings. The Morgan fingerprint density at radius 1 is 0.969 bits per heavy atom. The van der Waals surface area contributed by atoms with Gasteiger partial charge in [-0.25, -0.2) is 4.79 Å². The Morgan fingerprint density at radius 3 is 2.34 bits per heavy atom. The van der Waals surface area contributed by atoms with Gasteiger partial charge in [-0.05, 0) is 51.8 Å². The zero-order valence-electron chi connectivity index (χ0n) is 19.0. The number of esters is 1. The number of methoxy groups -OCH3 is 1. The molecule has 0 saturated heterocycles. The summed E-state index contributed by atoms with van der Waals surface area (Å²) in [6.07, 6.45) is 2.03. The lowest BCUT2D eigenvalue weighted by Gasteiger charge is -2.19. The number of unbranched alkanes of at least 4 members (excludes halogenated alkanes) is 2. The smallest absolute Gasteiger partial charge is 0.407 e. The van der Waals surface area contributed by atoms with Crippen LogP contribution in [0.3, 0.4) is 0 Å². The topological polar surface area (TPSA) is 123 Å². The summed E-state index contributed by atoms with van der Waals surface area (Å²) >= 11 is 6.08. The largest absolute Gasteiger partial charge is 0.469 e. The number of carbonyl (C=O) groups is 4. The van der Waals surface area contributed by atoms with Gasteiger partial charge >= 0.3 is 12.1 Å². The second kappa shape index (κ2) is 13.6. The van der Waals surface area contributed by atoms with Gasteiger partial charge in [-0.15, -0.1) is 0 Å². The van der Waals surface area contributed by atoms with E-state index in [9.17, 15) is 19.2 Å². The highest BCUT2D eigenvalue weighted by Gasteiger charge is 2.15. The molecule has 10 heteroatoms. The Morgan fingerprint density at radius 2 is 1.69 bits per heavy atom. The number of benzene rings is 1. The minimum Gasteiger partial charge on any atom is -0.469 e. The zero-order chi connectivity index (χ0) is 24.1. The van der Waals surface area contributed by atoms with Gasteiger partial charge in [0.25, 0.3) is 5.91 Å². The van der Waals surface area contributed by atoms with Crippen LogP contribution in [0.15, 0.2) is 18.2 Å². The van der Waals surface area contributed by atoms with E-state index in [0.29, 0.717) is 25.1 Å². The number of alkyl carbamates (subject to hydrolysis) is 1. The predicted molar refractivity (Wildman–Crippen MR) is 122 cm³/mol. The van der Waals surface area contributed by atoms with Crippen LogP contribution in [0.1, 0.15) is 63.2 Å². The Hall–Kier alpha value is -2.81. The summed E-state index contributed by atoms with van der Waals surface area (Å²) < 4.78 is 9.67. The summed E-state index contributed by atoms with van der Waals surface area (Å²) in [6.45, 7) is 5.98. The van der Waals surface area contributed by atoms with Gasteiger partial charge in [-0.2, -0.15) is 0 Å². The third-order valence-electron chi connectivity index (χ3n) is 4.09. The summed E-state index contributed by atoms with van der Waals surface area (Å²) in [5.74, 6) is -1.07. The van der Waals surface area contributed by atoms with Crippen molar-refractivity contribution >= 4 is 41.2 Å². The number of hydrogen-bond acceptors (Lipinski definition) is 6. The molecular weight excluding hydrogens is 438 g/mol. The Bertz CT molecular complexity index is 807. The van der Waals surface area contributed by atoms with E-state index in [1.165, 1.54) is 19.2 Å². The average molecular weight is 470 g/mol. The molecule has 9 nitrogen and oxygen atoms in total. The van der Waals surface area contributed by atoms with Crippen LogP contribution in [0.5, 0.6) is 0 Å². The molecule has 178 valence electrons. The molecule has 0 aliphatic heterocycles. The summed E-state index contributed by atoms with van der Waals surface area (Å²) in [4.78, 5) is 47.1. The summed E-state index contributed by atoms with van der Waals surface area (Å²) in [5, 5.41) is 8.23. The van der Waals surface area contributed by atoms with E-state index in [-0.39, 0.29) is 29.5 Å². The van der Waals surface area contributed by atoms with Gasteiger partial charge in [-0.1, -0.05) is 18.0 Å². The first-order valence-corrected chi connectivity index (χ1v) is 10.8. The fourth-order valence-corrected chi connectivity index (χ4v) is 2.77. The maximum atomic E-state index is 12.3. The molecular formula is C22H32ClN3O6. The van der Waals surface area contributed by atoms with E-state index >= 15 is 0 Å². The van der Waals surface area contributed by atoms with Crippen LogP contribution in [0.4, 0.5) is 10.5 Å². The molecule has 0 saturated carbocycles. The molecule has 0 bridgehead atoms. The quantitative estimate of drug-likeness (QED) is 0.335. The maximum absolute atomic E-state index is 12.3. The van der Waals surface area contributed by atoms with Crippen LogP contribution in [0.2, 0.25) is 5.02 Å². The van der Waals surface area contributed by atoms with E-state index in [2.05, 4.69) is 20.7 Å². The average Bonchev–Trinajstić information content (AvgIpc) is 2.70. The van der Waals surface area contributed by atoms with Crippen LogP contribution < -0.4 is 16.0 Å². The molecule has 1 rings (SSSR count). The molecule has 0 heterocycles. The highest BCUT2D eigenvalue weighted by Crippen LogP contribution is 2.21. The van der Waals surface area contributed by atoms with Crippen molar-refractivity contribution in [2.75, 3.05) is 25.5 Å². The Labute approximate surface area is 193 Å². The number of hydrogen-bond donors (Lipinski definition) is 3. The van der Waals surface area contributed by atoms with Crippen molar-refractivity contribution < 1.29 is 28.7 Å². The van der Waals surface area contributed by atoms with Gasteiger partial charge in [0.2, 0.25) is 5.91 Å². The minimum absolute atomic E-state index is 0.0452. The maximum Gasteiger partial charge on any atom is 0.407 e. The molecule has 0 aromatic heterocycles. The standard InChI is InChI=1S/C22H32ClN3O6/c1-22(2,3)32-21(30)25-12-7-5-6-8-18(27)26-15-9-10-17(23)16(14-15)20(29)24-13-11-19(28)31-4/h9-10,14H,5-8,11-13H2,1-4H3,(H,24,29)(H,25,30)(H,26,27). The summed E-state index contributed by atoms with van der Waals surface area (Å²) in [6, 6.07) is 4.61. The number of anilines is 1. The van der Waals surface area contributed by atoms with Gasteiger partial charge in [-0.3, -0.25) is 14.4 Å². The normalized spacial score (nSPS) is 10.8. The number of halogens is 1. The third kappa shape index (κ3) is 11.5. The number of rotatable bonds is 11. The lowest BCUT2D eigenvalue weighted by atomic mass is 10.1. The van der Waals surface area contributed by atoms with Crippen LogP contribution in [0, 0.1) is 0 Å². The Kier molecular flexibility index (Phi) is 11.5. The van der Waals surface area contributed by atoms with Crippen LogP contribution >= 0.6 is 11.6 Å². The first kappa shape index (κ1) is 27.2. The molecule has 0 spiro atoms. The first-order chi connectivity index (χ1) is 15.0. The van der Waals surface area contributed by atoms with Crippen molar-refractivity contribution in [2.45, 2.75) is 58.5 Å². The molecule has 0 aliphatic carbocycles. The van der Waals surface area contributed by atoms with E-state index in [1.807, 2.05) is 0 Å². The highest BCUT2D eigenvalue weighted by atomic mass is 35.5. The van der Waals surface area contributed by atoms with E-state index in [1.54, 1.807) is 26.8 Å². The van der Waals surface area contributed by atoms with Gasteiger partial charge in [0, 0.05) is 25.2 Å². The van der Waals surface area contributed by atoms with Gasteiger partial charge in [0.1, 0.15) is 5.60 Å². The van der Waals surface area contributed by atoms with E-state index < -0.39 is 23.6 Å². The first-order valence-electron chi connectivity index (χ1n) is 10.4. The van der Waals surface area contributed by atoms with Crippen molar-refractivity contribution in [1.29, 1.82) is 0 Å². The second-order valence-corrected chi connectivity index (χ2v) is 8.47. The van der Waals surface area contributed by atoms with Gasteiger partial charge < -0.3 is 25.4 Å². The van der Waals surface area contributed by atoms with Crippen LogP contribution in [0.25, 0.3) is 0 Å². The predicted octanol–water partition coefficient (Wildman–Crippen LogP) is 3.66. The Balaban J connectivity index is 2.37. The molecule has 32 heavy (non-hydrogen) atoms. The molecule has 1 aromatic carbocycles. The number of nitrogens with one attached hydrogen (secondary N) is 3. The van der Waals surface area contributed by atoms with E-state index in [0.717, 1.165) is 12.8 Å². The molecule has 3 amide bonds. The fraction of sp³-hybridized carbons (Fsp3) is 0.545. The third-order valence-corrected chi connectivity index (χ3v) is 4.42. The number of amides is 3. The van der Waals surface area contributed by atoms with Crippen molar-refractivity contribution in [1.82, 2.24) is 10.6 Å². The lowest BCUT2D eigenvalue weighted by Crippen LogP contribution is -2.33. The number of ether oxygens (including phenoxy) is 2. The second-order valence-electron chi connectivity index (χ2n) is 8.06. The minimum atomic E-state index is -0.534. The van der Waals surface area contributed by atoms with Crippen LogP contribution in [-0.4, -0.2) is 49.7 Å². The van der Waals surface area contributed by atoms with Crippen molar-refractivity contribution in [2.24, 2.45) is 0 Å². The highest BCUT2D eigenvalue weighted by molar-refractivity contribution is 6.34. The van der Waals surface area contributed by atoms with Crippen molar-refractivity contribution in [3.63, 3.8) is 0 Å². The van der Waals surface area contributed by atoms with Crippen molar-refractivity contribution in [3.8, 4) is 0 Å². The fourth-order valence-electron chi connectivity index (χ4n) is 2.57. The SMILES string of the molecule is COC(=O)CCNC(=O)c1cc(NC(=O)CCCCCNC(=O)OC(C)(C)C)ccc1Cl. The summed E-state index contributed by atoms with van der Waals surface area (Å²) in [7, 11) is 1.27. The van der Waals surface area contributed by atoms with Gasteiger partial charge in [0.15, 0.2) is 0 Å². The molecule has 1 aromatic rings. The summed E-state index contributed by atoms with van der Waals surface area (Å²) in [5.41, 5.74) is 0.111. The van der Waals surface area contributed by atoms with E-state index in [4.69, 9.17) is 16.3 Å². The van der Waals surface area contributed by atoms with Crippen LogP contribution in [-0.2, 0) is 19.1 Å². The zero-order valence-corrected chi connectivity index (χ0v) is 19.8. The molecule has 0 unspecified atom stereocenters. The molecule has 3 N–H and O–H groups in total. The molecule has 0 radical (unpaired) electrons. The number of carbonyl (C=O) groups excluding carboxylic acids is 4. The van der Waals surface area contributed by atoms with Gasteiger partial charge in [0.05, 0.1) is 24.1 Å². The monoisotopic (exact) mass is 469 g/mol.